The molecule has 0 aliphatic carbocycles. The Morgan fingerprint density at radius 1 is 0.633 bits per heavy atom. The van der Waals surface area contributed by atoms with Gasteiger partial charge in [-0.2, -0.15) is 0 Å². The number of rotatable bonds is 2. The van der Waals surface area contributed by atoms with Gasteiger partial charge in [-0.15, -0.1) is 0 Å². The topological polar surface area (TPSA) is 46.3 Å². The second-order valence-corrected chi connectivity index (χ2v) is 7.38. The molecule has 3 nitrogen and oxygen atoms in total. The lowest BCUT2D eigenvalue weighted by Crippen LogP contribution is -1.88. The summed E-state index contributed by atoms with van der Waals surface area (Å²) in [5.74, 6) is 0.581. The summed E-state index contributed by atoms with van der Waals surface area (Å²) >= 11 is 0. The first-order chi connectivity index (χ1) is 14.8. The van der Waals surface area contributed by atoms with Crippen LogP contribution in [-0.4, -0.2) is 10.1 Å². The third-order valence-corrected chi connectivity index (χ3v) is 5.61. The number of hydrogen-bond acceptors (Lipinski definition) is 3. The van der Waals surface area contributed by atoms with Crippen molar-refractivity contribution in [1.29, 1.82) is 0 Å². The largest absolute Gasteiger partial charge is 0.507 e. The Balaban J connectivity index is 1.68. The number of hydrogen-bond donors (Lipinski definition) is 1. The fourth-order valence-electron chi connectivity index (χ4n) is 4.25. The summed E-state index contributed by atoms with van der Waals surface area (Å²) in [6.07, 6.45) is 0. The molecule has 3 heteroatoms. The van der Waals surface area contributed by atoms with E-state index in [9.17, 15) is 5.11 Å². The molecule has 1 heterocycles. The van der Waals surface area contributed by atoms with Crippen molar-refractivity contribution >= 4 is 32.6 Å². The van der Waals surface area contributed by atoms with Gasteiger partial charge in [-0.3, -0.25) is 0 Å². The Morgan fingerprint density at radius 3 is 2.20 bits per heavy atom. The number of aromatic nitrogens is 1. The lowest BCUT2D eigenvalue weighted by molar-refractivity contribution is 0.475. The lowest BCUT2D eigenvalue weighted by atomic mass is 9.91. The molecule has 0 amide bonds. The molecule has 6 aromatic rings. The van der Waals surface area contributed by atoms with Crippen LogP contribution in [-0.2, 0) is 0 Å². The van der Waals surface area contributed by atoms with Crippen LogP contribution in [0.4, 0.5) is 0 Å². The molecule has 0 spiro atoms. The highest BCUT2D eigenvalue weighted by atomic mass is 16.3. The van der Waals surface area contributed by atoms with Crippen LogP contribution in [0.5, 0.6) is 5.75 Å². The molecule has 0 saturated carbocycles. The normalized spacial score (nSPS) is 11.5. The Morgan fingerprint density at radius 2 is 1.33 bits per heavy atom. The monoisotopic (exact) mass is 387 g/mol. The third-order valence-electron chi connectivity index (χ3n) is 5.61. The minimum atomic E-state index is 0.156. The van der Waals surface area contributed by atoms with E-state index >= 15 is 0 Å². The molecule has 142 valence electrons. The minimum Gasteiger partial charge on any atom is -0.507 e. The number of oxazole rings is 1. The van der Waals surface area contributed by atoms with Crippen LogP contribution in [0.25, 0.3) is 55.2 Å². The summed E-state index contributed by atoms with van der Waals surface area (Å²) < 4.78 is 5.99. The molecule has 30 heavy (non-hydrogen) atoms. The van der Waals surface area contributed by atoms with Gasteiger partial charge in [0.2, 0.25) is 5.89 Å². The summed E-state index contributed by atoms with van der Waals surface area (Å²) in [6, 6.07) is 32.1. The summed E-state index contributed by atoms with van der Waals surface area (Å²) in [5, 5.41) is 15.4. The highest BCUT2D eigenvalue weighted by Gasteiger charge is 2.19. The Labute approximate surface area is 172 Å². The number of nitrogens with zero attached hydrogens (tertiary/aromatic N) is 1. The van der Waals surface area contributed by atoms with Crippen molar-refractivity contribution in [3.8, 4) is 28.3 Å². The van der Waals surface area contributed by atoms with Crippen LogP contribution >= 0.6 is 0 Å². The van der Waals surface area contributed by atoms with E-state index < -0.39 is 0 Å². The molecule has 1 aromatic heterocycles. The van der Waals surface area contributed by atoms with Crippen LogP contribution in [0, 0.1) is 0 Å². The lowest BCUT2D eigenvalue weighted by Gasteiger charge is -2.14. The van der Waals surface area contributed by atoms with Gasteiger partial charge in [-0.05, 0) is 50.9 Å². The van der Waals surface area contributed by atoms with Gasteiger partial charge in [0.1, 0.15) is 11.3 Å². The van der Waals surface area contributed by atoms with Crippen molar-refractivity contribution in [3.05, 3.63) is 97.1 Å². The fourth-order valence-corrected chi connectivity index (χ4v) is 4.25. The first kappa shape index (κ1) is 16.8. The van der Waals surface area contributed by atoms with Crippen molar-refractivity contribution in [1.82, 2.24) is 4.98 Å². The highest BCUT2D eigenvalue weighted by molar-refractivity contribution is 6.10. The van der Waals surface area contributed by atoms with Crippen molar-refractivity contribution in [3.63, 3.8) is 0 Å². The second kappa shape index (κ2) is 6.46. The third kappa shape index (κ3) is 2.49. The molecule has 5 aromatic carbocycles. The molecule has 0 fully saturated rings. The predicted octanol–water partition coefficient (Wildman–Crippen LogP) is 7.17. The van der Waals surface area contributed by atoms with E-state index in [4.69, 9.17) is 4.42 Å². The Bertz CT molecular complexity index is 1520. The zero-order valence-electron chi connectivity index (χ0n) is 16.0. The van der Waals surface area contributed by atoms with Gasteiger partial charge in [0.05, 0.1) is 5.56 Å². The van der Waals surface area contributed by atoms with E-state index in [1.165, 1.54) is 5.39 Å². The molecule has 0 unspecified atom stereocenters. The van der Waals surface area contributed by atoms with E-state index in [1.54, 1.807) is 0 Å². The maximum absolute atomic E-state index is 11.1. The fraction of sp³-hybridized carbons (Fsp3) is 0. The number of aromatic hydroxyl groups is 1. The molecule has 1 N–H and O–H groups in total. The number of fused-ring (bicyclic) bond motifs is 3. The predicted molar refractivity (Wildman–Crippen MR) is 122 cm³/mol. The van der Waals surface area contributed by atoms with E-state index in [2.05, 4.69) is 41.4 Å². The van der Waals surface area contributed by atoms with Gasteiger partial charge in [-0.1, -0.05) is 78.9 Å². The first-order valence-corrected chi connectivity index (χ1v) is 9.88. The second-order valence-electron chi connectivity index (χ2n) is 7.38. The zero-order chi connectivity index (χ0) is 20.1. The number of phenols is 1. The van der Waals surface area contributed by atoms with E-state index in [-0.39, 0.29) is 5.75 Å². The molecule has 0 bridgehead atoms. The van der Waals surface area contributed by atoms with E-state index in [0.717, 1.165) is 32.8 Å². The summed E-state index contributed by atoms with van der Waals surface area (Å²) in [6.45, 7) is 0. The van der Waals surface area contributed by atoms with Gasteiger partial charge >= 0.3 is 0 Å². The molecule has 0 aliphatic rings. The van der Waals surface area contributed by atoms with Crippen LogP contribution in [0.2, 0.25) is 0 Å². The maximum Gasteiger partial charge on any atom is 0.231 e. The van der Waals surface area contributed by atoms with Crippen molar-refractivity contribution in [2.45, 2.75) is 0 Å². The molecule has 6 rings (SSSR count). The highest BCUT2D eigenvalue weighted by Crippen LogP contribution is 2.43. The van der Waals surface area contributed by atoms with Gasteiger partial charge < -0.3 is 9.52 Å². The molecule has 0 atom stereocenters. The van der Waals surface area contributed by atoms with Crippen LogP contribution in [0.1, 0.15) is 0 Å². The SMILES string of the molecule is Oc1cc(-c2cccc3ccccc23)c2ccccc2c1-c1nc2ccccc2o1. The maximum atomic E-state index is 11.1. The number of para-hydroxylation sites is 2. The van der Waals surface area contributed by atoms with Crippen LogP contribution < -0.4 is 0 Å². The molecular formula is C27H17NO2. The van der Waals surface area contributed by atoms with Gasteiger partial charge in [0.25, 0.3) is 0 Å². The van der Waals surface area contributed by atoms with E-state index in [1.807, 2.05) is 60.7 Å². The van der Waals surface area contributed by atoms with Gasteiger partial charge in [-0.25, -0.2) is 4.98 Å². The van der Waals surface area contributed by atoms with Crippen molar-refractivity contribution in [2.24, 2.45) is 0 Å². The van der Waals surface area contributed by atoms with Crippen LogP contribution in [0.3, 0.4) is 0 Å². The number of phenolic OH excluding ortho intramolecular Hbond substituents is 1. The van der Waals surface area contributed by atoms with E-state index in [0.29, 0.717) is 17.0 Å². The quantitative estimate of drug-likeness (QED) is 0.342. The standard InChI is InChI=1S/C27H17NO2/c29-24-16-22(19-13-7-9-17-8-1-2-10-18(17)19)20-11-3-4-12-21(20)26(24)27-28-23-14-5-6-15-25(23)30-27/h1-16,29H. The average Bonchev–Trinajstić information content (AvgIpc) is 3.22. The summed E-state index contributed by atoms with van der Waals surface area (Å²) in [4.78, 5) is 4.62. The van der Waals surface area contributed by atoms with Crippen molar-refractivity contribution < 1.29 is 9.52 Å². The molecule has 0 saturated heterocycles. The summed E-state index contributed by atoms with van der Waals surface area (Å²) in [5.41, 5.74) is 4.16. The average molecular weight is 387 g/mol. The first-order valence-electron chi connectivity index (χ1n) is 9.88. The minimum absolute atomic E-state index is 0.156. The van der Waals surface area contributed by atoms with Crippen LogP contribution in [0.15, 0.2) is 101 Å². The van der Waals surface area contributed by atoms with Crippen molar-refractivity contribution in [2.75, 3.05) is 0 Å². The van der Waals surface area contributed by atoms with Gasteiger partial charge in [0, 0.05) is 0 Å². The molecular weight excluding hydrogens is 370 g/mol. The molecule has 0 radical (unpaired) electrons. The smallest absolute Gasteiger partial charge is 0.231 e. The van der Waals surface area contributed by atoms with Gasteiger partial charge in [0.15, 0.2) is 5.58 Å². The zero-order valence-corrected chi connectivity index (χ0v) is 16.0. The Kier molecular flexibility index (Phi) is 3.62. The molecule has 0 aliphatic heterocycles. The number of benzene rings is 5. The Hall–Kier alpha value is -4.11. The summed E-state index contributed by atoms with van der Waals surface area (Å²) in [7, 11) is 0.